The van der Waals surface area contributed by atoms with Gasteiger partial charge in [0.15, 0.2) is 0 Å². The molecule has 0 rings (SSSR count). The first-order valence-electron chi connectivity index (χ1n) is 5.89. The maximum atomic E-state index is 11.0. The molecule has 0 fully saturated rings. The molecule has 2 nitrogen and oxygen atoms in total. The number of hydrogen-bond acceptors (Lipinski definition) is 2. The van der Waals surface area contributed by atoms with E-state index in [4.69, 9.17) is 0 Å². The molecule has 0 radical (unpaired) electrons. The summed E-state index contributed by atoms with van der Waals surface area (Å²) in [6, 6.07) is 0. The maximum Gasteiger partial charge on any atom is 0.0294 e. The molecule has 0 aromatic heterocycles. The van der Waals surface area contributed by atoms with Gasteiger partial charge in [-0.25, -0.2) is 0 Å². The molecular weight excluding hydrogens is 252 g/mol. The van der Waals surface area contributed by atoms with Crippen molar-refractivity contribution < 1.29 is 8.42 Å². The van der Waals surface area contributed by atoms with Crippen molar-refractivity contribution in [3.05, 3.63) is 0 Å². The SMILES string of the molecule is C.CC(C)S(=O)C(C)C.CC(C)S(=O)C(C)C. The first-order valence-corrected chi connectivity index (χ1v) is 8.45. The highest BCUT2D eigenvalue weighted by Gasteiger charge is 2.08. The molecule has 0 amide bonds. The van der Waals surface area contributed by atoms with Crippen molar-refractivity contribution in [2.24, 2.45) is 0 Å². The Balaban J connectivity index is -0.000000218. The Bertz CT molecular complexity index is 177. The molecule has 17 heavy (non-hydrogen) atoms. The van der Waals surface area contributed by atoms with Crippen LogP contribution in [0.5, 0.6) is 0 Å². The molecule has 0 aliphatic carbocycles. The second kappa shape index (κ2) is 11.4. The fraction of sp³-hybridized carbons (Fsp3) is 1.00. The molecule has 0 aliphatic heterocycles. The molecule has 0 unspecified atom stereocenters. The van der Waals surface area contributed by atoms with Crippen molar-refractivity contribution >= 4 is 21.6 Å². The van der Waals surface area contributed by atoms with Crippen LogP contribution in [0, 0.1) is 0 Å². The van der Waals surface area contributed by atoms with Crippen molar-refractivity contribution in [3.8, 4) is 0 Å². The Hall–Kier alpha value is 0.300. The summed E-state index contributed by atoms with van der Waals surface area (Å²) in [7, 11) is -1.25. The molecule has 0 N–H and O–H groups in total. The highest BCUT2D eigenvalue weighted by atomic mass is 32.2. The van der Waals surface area contributed by atoms with Crippen LogP contribution < -0.4 is 0 Å². The normalized spacial score (nSPS) is 11.2. The van der Waals surface area contributed by atoms with Crippen molar-refractivity contribution in [2.75, 3.05) is 0 Å². The second-order valence-corrected chi connectivity index (χ2v) is 9.94. The molecule has 0 aromatic rings. The topological polar surface area (TPSA) is 34.1 Å². The minimum absolute atomic E-state index is 0. The minimum Gasteiger partial charge on any atom is -0.259 e. The molecule has 0 saturated heterocycles. The number of rotatable bonds is 4. The fourth-order valence-corrected chi connectivity index (χ4v) is 3.27. The maximum absolute atomic E-state index is 11.0. The van der Waals surface area contributed by atoms with Crippen LogP contribution in [0.2, 0.25) is 0 Å². The van der Waals surface area contributed by atoms with Crippen molar-refractivity contribution in [1.29, 1.82) is 0 Å². The Morgan fingerprint density at radius 3 is 0.647 bits per heavy atom. The van der Waals surface area contributed by atoms with Gasteiger partial charge in [0.2, 0.25) is 0 Å². The summed E-state index contributed by atoms with van der Waals surface area (Å²) < 4.78 is 21.9. The lowest BCUT2D eigenvalue weighted by Gasteiger charge is -2.06. The third kappa shape index (κ3) is 12.5. The summed E-state index contributed by atoms with van der Waals surface area (Å²) in [6.45, 7) is 15.9. The molecule has 0 aromatic carbocycles. The van der Waals surface area contributed by atoms with Gasteiger partial charge in [0, 0.05) is 42.6 Å². The van der Waals surface area contributed by atoms with E-state index >= 15 is 0 Å². The van der Waals surface area contributed by atoms with Gasteiger partial charge in [0.25, 0.3) is 0 Å². The second-order valence-electron chi connectivity index (χ2n) is 4.85. The zero-order valence-electron chi connectivity index (χ0n) is 11.9. The summed E-state index contributed by atoms with van der Waals surface area (Å²) in [4.78, 5) is 0. The smallest absolute Gasteiger partial charge is 0.0294 e. The van der Waals surface area contributed by atoms with Crippen LogP contribution in [0.15, 0.2) is 0 Å². The molecule has 0 heterocycles. The minimum atomic E-state index is -0.623. The first-order chi connectivity index (χ1) is 7.11. The van der Waals surface area contributed by atoms with E-state index in [0.717, 1.165) is 0 Å². The van der Waals surface area contributed by atoms with E-state index < -0.39 is 21.6 Å². The van der Waals surface area contributed by atoms with Gasteiger partial charge < -0.3 is 0 Å². The number of hydrogen-bond donors (Lipinski definition) is 0. The fourth-order valence-electron chi connectivity index (χ4n) is 1.09. The Labute approximate surface area is 114 Å². The van der Waals surface area contributed by atoms with Crippen LogP contribution in [0.4, 0.5) is 0 Å². The molecule has 0 bridgehead atoms. The van der Waals surface area contributed by atoms with Gasteiger partial charge in [-0.1, -0.05) is 62.8 Å². The molecule has 0 saturated carbocycles. The van der Waals surface area contributed by atoms with Gasteiger partial charge in [-0.3, -0.25) is 8.42 Å². The Kier molecular flexibility index (Phi) is 15.1. The van der Waals surface area contributed by atoms with Gasteiger partial charge in [0.1, 0.15) is 0 Å². The molecule has 0 spiro atoms. The van der Waals surface area contributed by atoms with Crippen LogP contribution in [-0.2, 0) is 21.6 Å². The predicted octanol–water partition coefficient (Wildman–Crippen LogP) is 3.74. The van der Waals surface area contributed by atoms with E-state index in [1.807, 2.05) is 55.4 Å². The first kappa shape index (κ1) is 22.5. The zero-order chi connectivity index (χ0) is 13.5. The summed E-state index contributed by atoms with van der Waals surface area (Å²) in [6.07, 6.45) is 0. The third-order valence-corrected chi connectivity index (χ3v) is 5.58. The quantitative estimate of drug-likeness (QED) is 0.788. The summed E-state index contributed by atoms with van der Waals surface area (Å²) in [5, 5.41) is 1.26. The zero-order valence-corrected chi connectivity index (χ0v) is 13.6. The molecule has 0 aliphatic rings. The summed E-state index contributed by atoms with van der Waals surface area (Å²) in [5.41, 5.74) is 0. The van der Waals surface area contributed by atoms with Gasteiger partial charge in [-0.15, -0.1) is 0 Å². The van der Waals surface area contributed by atoms with Crippen LogP contribution in [0.1, 0.15) is 62.8 Å². The van der Waals surface area contributed by atoms with E-state index in [9.17, 15) is 8.42 Å². The van der Waals surface area contributed by atoms with Crippen molar-refractivity contribution in [1.82, 2.24) is 0 Å². The van der Waals surface area contributed by atoms with Crippen molar-refractivity contribution in [2.45, 2.75) is 83.8 Å². The Morgan fingerprint density at radius 2 is 0.647 bits per heavy atom. The summed E-state index contributed by atoms with van der Waals surface area (Å²) in [5.74, 6) is 0. The molecule has 108 valence electrons. The van der Waals surface area contributed by atoms with Crippen molar-refractivity contribution in [3.63, 3.8) is 0 Å². The van der Waals surface area contributed by atoms with Gasteiger partial charge in [0.05, 0.1) is 0 Å². The van der Waals surface area contributed by atoms with Crippen LogP contribution in [0.25, 0.3) is 0 Å². The Morgan fingerprint density at radius 1 is 0.529 bits per heavy atom. The van der Waals surface area contributed by atoms with E-state index in [1.165, 1.54) is 0 Å². The lowest BCUT2D eigenvalue weighted by molar-refractivity contribution is 0.669. The average Bonchev–Trinajstić information content (AvgIpc) is 2.15. The van der Waals surface area contributed by atoms with Gasteiger partial charge in [-0.2, -0.15) is 0 Å². The standard InChI is InChI=1S/2C6H14OS.CH4/c2*1-5(2)8(7)6(3)4;/h2*5-6H,1-4H3;1H4. The lowest BCUT2D eigenvalue weighted by Crippen LogP contribution is -2.15. The monoisotopic (exact) mass is 284 g/mol. The van der Waals surface area contributed by atoms with Gasteiger partial charge >= 0.3 is 0 Å². The highest BCUT2D eigenvalue weighted by molar-refractivity contribution is 7.86. The lowest BCUT2D eigenvalue weighted by atomic mass is 10.5. The average molecular weight is 285 g/mol. The largest absolute Gasteiger partial charge is 0.259 e. The van der Waals surface area contributed by atoms with E-state index in [-0.39, 0.29) is 7.43 Å². The van der Waals surface area contributed by atoms with E-state index in [0.29, 0.717) is 21.0 Å². The predicted molar refractivity (Wildman–Crippen MR) is 83.6 cm³/mol. The molecule has 0 atom stereocenters. The third-order valence-electron chi connectivity index (χ3n) is 1.86. The van der Waals surface area contributed by atoms with Gasteiger partial charge in [-0.05, 0) is 0 Å². The van der Waals surface area contributed by atoms with Crippen LogP contribution in [0.3, 0.4) is 0 Å². The molecular formula is C13H32O2S2. The van der Waals surface area contributed by atoms with Crippen LogP contribution >= 0.6 is 0 Å². The molecule has 4 heteroatoms. The van der Waals surface area contributed by atoms with E-state index in [1.54, 1.807) is 0 Å². The van der Waals surface area contributed by atoms with Crippen LogP contribution in [-0.4, -0.2) is 29.4 Å². The van der Waals surface area contributed by atoms with E-state index in [2.05, 4.69) is 0 Å². The highest BCUT2D eigenvalue weighted by Crippen LogP contribution is 2.01. The summed E-state index contributed by atoms with van der Waals surface area (Å²) >= 11 is 0.